The molecule has 647 valence electrons. The molecule has 5 radical (unpaired) electrons. The van der Waals surface area contributed by atoms with Gasteiger partial charge in [0.05, 0.1) is 45.7 Å². The van der Waals surface area contributed by atoms with Crippen LogP contribution in [-0.2, 0) is 101 Å². The third-order valence-electron chi connectivity index (χ3n) is 23.6. The number of para-hydroxylation sites is 4. The van der Waals surface area contributed by atoms with Crippen LogP contribution in [-0.4, -0.2) is 72.6 Å². The number of halogens is 2. The first-order valence-corrected chi connectivity index (χ1v) is 42.4. The Morgan fingerprint density at radius 2 is 0.870 bits per heavy atom. The van der Waals surface area contributed by atoms with E-state index in [-0.39, 0.29) is 112 Å². The zero-order valence-corrected chi connectivity index (χ0v) is 82.6. The second-order valence-electron chi connectivity index (χ2n) is 31.2. The summed E-state index contributed by atoms with van der Waals surface area (Å²) in [5, 5.41) is 16.5. The number of ether oxygens (including phenoxy) is 1. The molecular formula is C109H69F2Ir5N12O2S-5. The maximum Gasteiger partial charge on any atom is 0.223 e. The third-order valence-corrected chi connectivity index (χ3v) is 24.7. The molecule has 0 N–H and O–H groups in total. The topological polar surface area (TPSA) is 125 Å². The number of fused-ring (bicyclic) bond motifs is 38. The number of hydrogen-bond donors (Lipinski definition) is 0. The molecule has 0 amide bonds. The maximum absolute atomic E-state index is 13.8. The first kappa shape index (κ1) is 88.6. The molecule has 22 heteroatoms. The molecule has 13 aromatic heterocycles. The molecule has 0 unspecified atom stereocenters. The molecule has 0 fully saturated rings. The number of anilines is 1. The second kappa shape index (κ2) is 37.1. The molecule has 0 aliphatic heterocycles. The Morgan fingerprint density at radius 1 is 0.382 bits per heavy atom. The van der Waals surface area contributed by atoms with Crippen LogP contribution in [0.25, 0.3) is 213 Å². The fourth-order valence-corrected chi connectivity index (χ4v) is 19.1. The summed E-state index contributed by atoms with van der Waals surface area (Å²) >= 11 is 1.75. The minimum Gasteiger partial charge on any atom is -0.477 e. The van der Waals surface area contributed by atoms with Gasteiger partial charge >= 0.3 is 0 Å². The van der Waals surface area contributed by atoms with E-state index in [4.69, 9.17) is 19.1 Å². The molecule has 0 aliphatic carbocycles. The summed E-state index contributed by atoms with van der Waals surface area (Å²) in [6.07, 6.45) is 12.4. The molecule has 0 aliphatic rings. The van der Waals surface area contributed by atoms with Gasteiger partial charge in [-0.05, 0) is 133 Å². The number of furan rings is 1. The number of thiophene rings is 1. The Bertz CT molecular complexity index is 8990. The van der Waals surface area contributed by atoms with Gasteiger partial charge in [-0.25, -0.2) is 4.98 Å². The van der Waals surface area contributed by atoms with E-state index >= 15 is 0 Å². The van der Waals surface area contributed by atoms with Gasteiger partial charge in [0.2, 0.25) is 11.6 Å². The average Bonchev–Trinajstić information content (AvgIpc) is 1.57. The van der Waals surface area contributed by atoms with Crippen molar-refractivity contribution in [3.63, 3.8) is 0 Å². The van der Waals surface area contributed by atoms with Gasteiger partial charge in [0.25, 0.3) is 0 Å². The van der Waals surface area contributed by atoms with Gasteiger partial charge in [0.1, 0.15) is 27.0 Å². The van der Waals surface area contributed by atoms with E-state index in [9.17, 15) is 8.78 Å². The third kappa shape index (κ3) is 15.4. The van der Waals surface area contributed by atoms with E-state index in [1.165, 1.54) is 105 Å². The molecule has 14 aromatic carbocycles. The van der Waals surface area contributed by atoms with E-state index in [0.29, 0.717) is 18.2 Å². The maximum atomic E-state index is 13.8. The van der Waals surface area contributed by atoms with Gasteiger partial charge in [-0.3, -0.25) is 33.7 Å². The predicted molar refractivity (Wildman–Crippen MR) is 509 cm³/mol. The molecular weight excluding hydrogens is 2540 g/mol. The molecule has 0 atom stereocenters. The number of nitrogens with zero attached hydrogens (tertiary/aromatic N) is 12. The molecule has 13 heterocycles. The summed E-state index contributed by atoms with van der Waals surface area (Å²) in [5.41, 5.74) is 22.5. The molecule has 131 heavy (non-hydrogen) atoms. The number of imidazole rings is 5. The van der Waals surface area contributed by atoms with E-state index in [1.54, 1.807) is 17.4 Å². The summed E-state index contributed by atoms with van der Waals surface area (Å²) < 4.78 is 50.9. The number of rotatable bonds is 7. The number of hydrogen-bond acceptors (Lipinski definition) is 10. The van der Waals surface area contributed by atoms with Crippen LogP contribution < -0.4 is 9.64 Å². The van der Waals surface area contributed by atoms with Gasteiger partial charge in [0, 0.05) is 196 Å². The van der Waals surface area contributed by atoms with E-state index < -0.39 is 0 Å². The fourth-order valence-electron chi connectivity index (χ4n) is 18.0. The van der Waals surface area contributed by atoms with Crippen LogP contribution in [0.5, 0.6) is 5.88 Å². The number of pyridine rings is 6. The summed E-state index contributed by atoms with van der Waals surface area (Å²) in [5.74, 6) is -0.0176. The fraction of sp³-hybridized carbons (Fsp3) is 0.0459. The van der Waals surface area contributed by atoms with Crippen LogP contribution in [0.4, 0.5) is 14.5 Å². The van der Waals surface area contributed by atoms with Crippen molar-refractivity contribution in [1.82, 2.24) is 51.9 Å². The van der Waals surface area contributed by atoms with Crippen LogP contribution in [0.1, 0.15) is 13.3 Å². The van der Waals surface area contributed by atoms with Crippen LogP contribution in [0, 0.1) is 42.0 Å². The van der Waals surface area contributed by atoms with E-state index in [0.717, 1.165) is 132 Å². The second-order valence-corrected chi connectivity index (χ2v) is 32.2. The van der Waals surface area contributed by atoms with Crippen molar-refractivity contribution >= 4 is 196 Å². The molecule has 0 saturated heterocycles. The van der Waals surface area contributed by atoms with Crippen LogP contribution in [0.3, 0.4) is 0 Å². The smallest absolute Gasteiger partial charge is 0.223 e. The van der Waals surface area contributed by atoms with Gasteiger partial charge in [-0.15, -0.1) is 137 Å². The van der Waals surface area contributed by atoms with Crippen molar-refractivity contribution in [2.75, 3.05) is 25.6 Å². The van der Waals surface area contributed by atoms with Crippen molar-refractivity contribution in [2.24, 2.45) is 0 Å². The first-order chi connectivity index (χ1) is 62.1. The number of benzene rings is 14. The summed E-state index contributed by atoms with van der Waals surface area (Å²) in [7, 11) is 4.12. The normalized spacial score (nSPS) is 11.3. The summed E-state index contributed by atoms with van der Waals surface area (Å²) in [6, 6.07) is 118. The minimum atomic E-state index is -0.303. The molecule has 14 nitrogen and oxygen atoms in total. The van der Waals surface area contributed by atoms with Gasteiger partial charge in [-0.2, -0.15) is 0 Å². The van der Waals surface area contributed by atoms with Gasteiger partial charge < -0.3 is 36.1 Å². The SMILES string of the molecule is CCCOc1cn2c3ccccc3c3cc(F)c[c-]c3c2n1.CN(C)c1ccc2c(c1)c1ccc[c-]c1c1nccn21.Fc1c[c-]c2c(c1)c1ccccc1n1c2nc2c3ccccc3oc21.[Ir].[Ir].[Ir].[Ir].[Ir].[c-]1cccc2c1c1nc3c4ncccc4sc3n1c1ccccc21.[c-]1cccc2c1c1nccn1c1ccc(-c3c(-c4ccccc4)cccc3-c3ccccc3)cc21. The quantitative estimate of drug-likeness (QED) is 0.113. The van der Waals surface area contributed by atoms with Crippen LogP contribution >= 0.6 is 11.3 Å². The molecule has 0 saturated carbocycles. The molecule has 0 bridgehead atoms. The zero-order valence-electron chi connectivity index (χ0n) is 69.8. The van der Waals surface area contributed by atoms with Crippen LogP contribution in [0.15, 0.2) is 345 Å². The van der Waals surface area contributed by atoms with Gasteiger partial charge in [-0.1, -0.05) is 202 Å². The molecule has 0 spiro atoms. The Kier molecular flexibility index (Phi) is 25.1. The van der Waals surface area contributed by atoms with Crippen molar-refractivity contribution in [1.29, 1.82) is 0 Å². The average molecular weight is 2610 g/mol. The summed E-state index contributed by atoms with van der Waals surface area (Å²) in [6.45, 7) is 2.68. The van der Waals surface area contributed by atoms with Crippen molar-refractivity contribution < 1.29 is 118 Å². The Hall–Kier alpha value is -13.0. The standard InChI is InChI=1S/C33H21N2.C21H10FN2O.C20H10N3S.C18H14FN2O.C17H14N3.5Ir/c1-3-10-23(11-4-1)26-16-9-17-27(24-12-5-2-6-13-24)32(26)25-18-19-31-30(22-25)28-14-7-8-15-29(28)33-34-20-21-35(31)33;22-12-9-10-14-16(11-12)13-5-1-3-7-17(13)24-20(14)23-19-15-6-2-4-8-18(15)25-21(19)24;1-2-8-14-12(6-1)13-7-3-4-9-15(13)23-19(14)22-18-17-16(24-20(18)23)10-5-11-21-17;1-2-9-22-17-11-21-16-6-4-3-5-13(16)15-10-12(19)7-8-14(15)18(21)20-17;1-19(2)12-7-8-16-15(11-12)13-5-3-4-6-14(13)17-18-9-10-20(16)17;;;;;/h1-14,16-22H;1-9,11H;1-7,9-11H;3-7,10-11H,2,9H2,1H3;3-5,7-11H,1-2H3;;;;;/q5*-1;;;;;. The van der Waals surface area contributed by atoms with Crippen LogP contribution in [0.2, 0.25) is 0 Å². The van der Waals surface area contributed by atoms with E-state index in [1.807, 2.05) is 155 Å². The van der Waals surface area contributed by atoms with Crippen molar-refractivity contribution in [2.45, 2.75) is 13.3 Å². The summed E-state index contributed by atoms with van der Waals surface area (Å²) in [4.78, 5) is 31.2. The Labute approximate surface area is 819 Å². The largest absolute Gasteiger partial charge is 0.477 e. The first-order valence-electron chi connectivity index (χ1n) is 41.6. The zero-order chi connectivity index (χ0) is 84.2. The van der Waals surface area contributed by atoms with Crippen molar-refractivity contribution in [3.8, 4) is 39.3 Å². The molecule has 27 rings (SSSR count). The van der Waals surface area contributed by atoms with E-state index in [2.05, 4.69) is 259 Å². The Balaban J connectivity index is 0.000000110. The molecule has 27 aromatic rings. The monoisotopic (exact) mass is 2610 g/mol. The predicted octanol–water partition coefficient (Wildman–Crippen LogP) is 27.0. The van der Waals surface area contributed by atoms with Gasteiger partial charge in [0.15, 0.2) is 0 Å². The number of aromatic nitrogens is 11. The Morgan fingerprint density at radius 3 is 1.48 bits per heavy atom. The van der Waals surface area contributed by atoms with Crippen molar-refractivity contribution in [3.05, 3.63) is 382 Å². The minimum absolute atomic E-state index is 0.